The van der Waals surface area contributed by atoms with Crippen LogP contribution >= 0.6 is 0 Å². The molecule has 0 spiro atoms. The monoisotopic (exact) mass is 206 g/mol. The first-order chi connectivity index (χ1) is 6.07. The molecule has 78 valence electrons. The minimum Gasteiger partial charge on any atom is -0.374 e. The molecule has 13 heavy (non-hydrogen) atoms. The fraction of sp³-hybridized carbons (Fsp3) is 1.00. The molecule has 2 fully saturated rings. The van der Waals surface area contributed by atoms with E-state index in [2.05, 4.69) is 0 Å². The first-order valence-corrected chi connectivity index (χ1v) is 6.87. The Morgan fingerprint density at radius 2 is 1.85 bits per heavy atom. The summed E-state index contributed by atoms with van der Waals surface area (Å²) in [7, 11) is -2.86. The highest BCUT2D eigenvalue weighted by molar-refractivity contribution is 7.91. The summed E-state index contributed by atoms with van der Waals surface area (Å²) in [5.74, 6) is 0. The molecule has 0 aromatic carbocycles. The molecular formula is C9H18O3S. The summed E-state index contributed by atoms with van der Waals surface area (Å²) < 4.78 is 27.7. The predicted molar refractivity (Wildman–Crippen MR) is 52.5 cm³/mol. The third-order valence-electron chi connectivity index (χ3n) is 2.60. The van der Waals surface area contributed by atoms with Crippen molar-refractivity contribution in [1.82, 2.24) is 0 Å². The van der Waals surface area contributed by atoms with Crippen LogP contribution in [0.15, 0.2) is 0 Å². The van der Waals surface area contributed by atoms with Crippen LogP contribution in [-0.4, -0.2) is 32.1 Å². The third kappa shape index (κ3) is 2.23. The van der Waals surface area contributed by atoms with Crippen molar-refractivity contribution in [2.45, 2.75) is 50.6 Å². The Morgan fingerprint density at radius 1 is 1.23 bits per heavy atom. The minimum absolute atomic E-state index is 0.00926. The van der Waals surface area contributed by atoms with Crippen LogP contribution in [0.5, 0.6) is 0 Å². The van der Waals surface area contributed by atoms with E-state index in [1.54, 1.807) is 0 Å². The Hall–Kier alpha value is -0.0900. The molecule has 2 aliphatic heterocycles. The van der Waals surface area contributed by atoms with Crippen LogP contribution in [0.4, 0.5) is 0 Å². The molecule has 0 aromatic rings. The van der Waals surface area contributed by atoms with Gasteiger partial charge in [-0.1, -0.05) is 13.8 Å². The predicted octanol–water partition coefficient (Wildman–Crippen LogP) is 1.38. The van der Waals surface area contributed by atoms with Crippen molar-refractivity contribution in [1.29, 1.82) is 0 Å². The van der Waals surface area contributed by atoms with E-state index in [9.17, 15) is 8.42 Å². The smallest absolute Gasteiger partial charge is 0.152 e. The average molecular weight is 206 g/mol. The first kappa shape index (κ1) is 11.0. The van der Waals surface area contributed by atoms with Crippen molar-refractivity contribution in [3.8, 4) is 0 Å². The van der Waals surface area contributed by atoms with Crippen LogP contribution in [0.3, 0.4) is 0 Å². The summed E-state index contributed by atoms with van der Waals surface area (Å²) in [6.45, 7) is 4.00. The van der Waals surface area contributed by atoms with Crippen LogP contribution in [0.2, 0.25) is 0 Å². The zero-order valence-corrected chi connectivity index (χ0v) is 9.30. The van der Waals surface area contributed by atoms with E-state index in [1.807, 2.05) is 13.8 Å². The lowest BCUT2D eigenvalue weighted by molar-refractivity contribution is 0.105. The molecule has 0 saturated carbocycles. The molecule has 3 atom stereocenters. The molecule has 4 heteroatoms. The lowest BCUT2D eigenvalue weighted by atomic mass is 10.0. The van der Waals surface area contributed by atoms with Crippen LogP contribution in [0.25, 0.3) is 0 Å². The molecule has 0 amide bonds. The van der Waals surface area contributed by atoms with Gasteiger partial charge in [-0.25, -0.2) is 8.42 Å². The summed E-state index contributed by atoms with van der Waals surface area (Å²) in [6, 6.07) is 0. The maximum Gasteiger partial charge on any atom is 0.152 e. The van der Waals surface area contributed by atoms with Crippen molar-refractivity contribution >= 4 is 9.84 Å². The highest BCUT2D eigenvalue weighted by Crippen LogP contribution is 2.37. The second-order valence-corrected chi connectivity index (χ2v) is 5.74. The van der Waals surface area contributed by atoms with E-state index in [0.29, 0.717) is 0 Å². The molecule has 0 aromatic heterocycles. The standard InChI is InChI=1S/C7H12O3S.C2H6/c1-11(8,9)7-4-5-2-3-6(7)10-5;1-2/h5-7H,2-4H2,1H3;1-2H3. The first-order valence-electron chi connectivity index (χ1n) is 4.92. The van der Waals surface area contributed by atoms with Crippen molar-refractivity contribution in [2.24, 2.45) is 0 Å². The summed E-state index contributed by atoms with van der Waals surface area (Å²) >= 11 is 0. The molecule has 0 aliphatic carbocycles. The molecule has 2 aliphatic rings. The Balaban J connectivity index is 0.000000396. The average Bonchev–Trinajstić information content (AvgIpc) is 2.66. The lowest BCUT2D eigenvalue weighted by Gasteiger charge is -2.15. The van der Waals surface area contributed by atoms with Gasteiger partial charge in [0.2, 0.25) is 0 Å². The number of sulfone groups is 1. The van der Waals surface area contributed by atoms with Gasteiger partial charge < -0.3 is 4.74 Å². The number of hydrogen-bond acceptors (Lipinski definition) is 3. The van der Waals surface area contributed by atoms with Gasteiger partial charge in [-0.2, -0.15) is 0 Å². The molecule has 2 bridgehead atoms. The summed E-state index contributed by atoms with van der Waals surface area (Å²) in [5.41, 5.74) is 0. The van der Waals surface area contributed by atoms with Gasteiger partial charge in [0.25, 0.3) is 0 Å². The van der Waals surface area contributed by atoms with Crippen molar-refractivity contribution < 1.29 is 13.2 Å². The second-order valence-electron chi connectivity index (χ2n) is 3.48. The minimum atomic E-state index is -2.86. The van der Waals surface area contributed by atoms with Gasteiger partial charge in [0, 0.05) is 6.26 Å². The van der Waals surface area contributed by atoms with E-state index >= 15 is 0 Å². The topological polar surface area (TPSA) is 43.4 Å². The maximum atomic E-state index is 11.1. The molecule has 3 unspecified atom stereocenters. The molecule has 2 rings (SSSR count). The van der Waals surface area contributed by atoms with Gasteiger partial charge in [0.1, 0.15) is 0 Å². The highest BCUT2D eigenvalue weighted by Gasteiger charge is 2.45. The summed E-state index contributed by atoms with van der Waals surface area (Å²) in [5, 5.41) is -0.207. The van der Waals surface area contributed by atoms with Crippen molar-refractivity contribution in [2.75, 3.05) is 6.26 Å². The number of ether oxygens (including phenoxy) is 1. The van der Waals surface area contributed by atoms with E-state index in [0.717, 1.165) is 19.3 Å². The zero-order valence-electron chi connectivity index (χ0n) is 8.49. The Morgan fingerprint density at radius 3 is 2.08 bits per heavy atom. The maximum absolute atomic E-state index is 11.1. The van der Waals surface area contributed by atoms with E-state index < -0.39 is 9.84 Å². The van der Waals surface area contributed by atoms with Gasteiger partial charge in [-0.15, -0.1) is 0 Å². The van der Waals surface area contributed by atoms with E-state index in [1.165, 1.54) is 6.26 Å². The fourth-order valence-corrected chi connectivity index (χ4v) is 3.36. The number of rotatable bonds is 1. The molecule has 3 nitrogen and oxygen atoms in total. The molecule has 0 radical (unpaired) electrons. The normalized spacial score (nSPS) is 37.0. The number of fused-ring (bicyclic) bond motifs is 2. The SMILES string of the molecule is CC.CS(=O)(=O)C1CC2CCC1O2. The summed E-state index contributed by atoms with van der Waals surface area (Å²) in [6.07, 6.45) is 4.26. The molecule has 0 N–H and O–H groups in total. The van der Waals surface area contributed by atoms with Gasteiger partial charge in [0.15, 0.2) is 9.84 Å². The van der Waals surface area contributed by atoms with Gasteiger partial charge in [-0.3, -0.25) is 0 Å². The second kappa shape index (κ2) is 3.96. The molecule has 2 heterocycles. The molecular weight excluding hydrogens is 188 g/mol. The van der Waals surface area contributed by atoms with Crippen LogP contribution in [0, 0.1) is 0 Å². The number of hydrogen-bond donors (Lipinski definition) is 0. The van der Waals surface area contributed by atoms with E-state index in [-0.39, 0.29) is 17.5 Å². The Kier molecular flexibility index (Phi) is 3.35. The summed E-state index contributed by atoms with van der Waals surface area (Å²) in [4.78, 5) is 0. The third-order valence-corrected chi connectivity index (χ3v) is 4.20. The molecule has 2 saturated heterocycles. The van der Waals surface area contributed by atoms with E-state index in [4.69, 9.17) is 4.74 Å². The Bertz CT molecular complexity index is 258. The quantitative estimate of drug-likeness (QED) is 0.651. The van der Waals surface area contributed by atoms with Crippen LogP contribution < -0.4 is 0 Å². The van der Waals surface area contributed by atoms with Crippen molar-refractivity contribution in [3.05, 3.63) is 0 Å². The zero-order chi connectivity index (χ0) is 10.1. The lowest BCUT2D eigenvalue weighted by Crippen LogP contribution is -2.30. The Labute approximate surface area is 80.4 Å². The van der Waals surface area contributed by atoms with Crippen molar-refractivity contribution in [3.63, 3.8) is 0 Å². The van der Waals surface area contributed by atoms with Crippen LogP contribution in [-0.2, 0) is 14.6 Å². The van der Waals surface area contributed by atoms with Gasteiger partial charge in [0.05, 0.1) is 17.5 Å². The van der Waals surface area contributed by atoms with Crippen LogP contribution in [0.1, 0.15) is 33.1 Å². The highest BCUT2D eigenvalue weighted by atomic mass is 32.2. The van der Waals surface area contributed by atoms with Gasteiger partial charge >= 0.3 is 0 Å². The fourth-order valence-electron chi connectivity index (χ4n) is 2.04. The largest absolute Gasteiger partial charge is 0.374 e. The van der Waals surface area contributed by atoms with Gasteiger partial charge in [-0.05, 0) is 19.3 Å².